The van der Waals surface area contributed by atoms with Crippen molar-refractivity contribution in [1.82, 2.24) is 4.72 Å². The lowest BCUT2D eigenvalue weighted by Gasteiger charge is -2.30. The van der Waals surface area contributed by atoms with Gasteiger partial charge in [-0.2, -0.15) is 11.8 Å². The molecule has 0 atom stereocenters. The van der Waals surface area contributed by atoms with E-state index in [0.29, 0.717) is 0 Å². The van der Waals surface area contributed by atoms with E-state index in [4.69, 9.17) is 0 Å². The summed E-state index contributed by atoms with van der Waals surface area (Å²) in [7, 11) is -1.94. The molecule has 114 valence electrons. The second-order valence-corrected chi connectivity index (χ2v) is 7.84. The molecule has 0 amide bonds. The van der Waals surface area contributed by atoms with Gasteiger partial charge in [0.2, 0.25) is 10.0 Å². The third kappa shape index (κ3) is 4.14. The standard InChI is InChI=1S/C14H24N2O2S2/c1-5-14(6-2,19-4)11-16-12-7-9-13(10-8-12)20(17,18)15-3/h7-10,15-16H,5-6,11H2,1-4H3. The zero-order chi connectivity index (χ0) is 15.2. The molecule has 0 heterocycles. The molecule has 0 saturated heterocycles. The molecular weight excluding hydrogens is 292 g/mol. The predicted molar refractivity (Wildman–Crippen MR) is 88.0 cm³/mol. The van der Waals surface area contributed by atoms with Crippen LogP contribution in [-0.2, 0) is 10.0 Å². The number of thioether (sulfide) groups is 1. The highest BCUT2D eigenvalue weighted by Crippen LogP contribution is 2.30. The van der Waals surface area contributed by atoms with Crippen LogP contribution in [0.1, 0.15) is 26.7 Å². The maximum absolute atomic E-state index is 11.6. The number of sulfonamides is 1. The first kappa shape index (κ1) is 17.3. The van der Waals surface area contributed by atoms with Gasteiger partial charge in [-0.05, 0) is 50.4 Å². The molecule has 6 heteroatoms. The molecule has 4 nitrogen and oxygen atoms in total. The third-order valence-corrected chi connectivity index (χ3v) is 6.79. The van der Waals surface area contributed by atoms with Crippen molar-refractivity contribution in [3.05, 3.63) is 24.3 Å². The first-order valence-corrected chi connectivity index (χ1v) is 9.46. The summed E-state index contributed by atoms with van der Waals surface area (Å²) < 4.78 is 25.8. The minimum Gasteiger partial charge on any atom is -0.384 e. The summed E-state index contributed by atoms with van der Waals surface area (Å²) in [4.78, 5) is 0.285. The molecule has 0 unspecified atom stereocenters. The van der Waals surface area contributed by atoms with E-state index in [0.717, 1.165) is 25.1 Å². The van der Waals surface area contributed by atoms with Gasteiger partial charge >= 0.3 is 0 Å². The molecule has 0 fully saturated rings. The van der Waals surface area contributed by atoms with E-state index in [1.807, 2.05) is 11.8 Å². The third-order valence-electron chi connectivity index (χ3n) is 3.77. The van der Waals surface area contributed by atoms with Gasteiger partial charge in [-0.15, -0.1) is 0 Å². The van der Waals surface area contributed by atoms with E-state index >= 15 is 0 Å². The summed E-state index contributed by atoms with van der Waals surface area (Å²) in [6.45, 7) is 5.27. The average Bonchev–Trinajstić information content (AvgIpc) is 2.50. The highest BCUT2D eigenvalue weighted by atomic mass is 32.2. The summed E-state index contributed by atoms with van der Waals surface area (Å²) >= 11 is 1.88. The first-order chi connectivity index (χ1) is 9.43. The zero-order valence-electron chi connectivity index (χ0n) is 12.6. The van der Waals surface area contributed by atoms with Crippen LogP contribution in [0.25, 0.3) is 0 Å². The molecule has 2 N–H and O–H groups in total. The second kappa shape index (κ2) is 7.33. The van der Waals surface area contributed by atoms with Crippen LogP contribution in [-0.4, -0.2) is 33.0 Å². The van der Waals surface area contributed by atoms with Crippen LogP contribution in [0.15, 0.2) is 29.2 Å². The van der Waals surface area contributed by atoms with E-state index in [9.17, 15) is 8.42 Å². The number of nitrogens with one attached hydrogen (secondary N) is 2. The number of anilines is 1. The predicted octanol–water partition coefficient (Wildman–Crippen LogP) is 2.93. The van der Waals surface area contributed by atoms with E-state index < -0.39 is 10.0 Å². The quantitative estimate of drug-likeness (QED) is 0.774. The Kier molecular flexibility index (Phi) is 6.36. The molecule has 0 bridgehead atoms. The molecule has 1 aromatic rings. The van der Waals surface area contributed by atoms with Crippen LogP contribution in [0.3, 0.4) is 0 Å². The summed E-state index contributed by atoms with van der Waals surface area (Å²) in [6.07, 6.45) is 4.34. The molecule has 0 aliphatic rings. The Morgan fingerprint density at radius 1 is 1.15 bits per heavy atom. The van der Waals surface area contributed by atoms with Crippen LogP contribution < -0.4 is 10.0 Å². The highest BCUT2D eigenvalue weighted by Gasteiger charge is 2.24. The van der Waals surface area contributed by atoms with Gasteiger partial charge in [-0.25, -0.2) is 13.1 Å². The molecule has 0 aliphatic carbocycles. The van der Waals surface area contributed by atoms with E-state index in [-0.39, 0.29) is 9.64 Å². The second-order valence-electron chi connectivity index (χ2n) is 4.68. The monoisotopic (exact) mass is 316 g/mol. The van der Waals surface area contributed by atoms with Gasteiger partial charge in [-0.1, -0.05) is 13.8 Å². The molecule has 0 saturated carbocycles. The SMILES string of the molecule is CCC(CC)(CNc1ccc(S(=O)(=O)NC)cc1)SC. The Balaban J connectivity index is 2.76. The lowest BCUT2D eigenvalue weighted by atomic mass is 10.0. The van der Waals surface area contributed by atoms with E-state index in [1.165, 1.54) is 7.05 Å². The number of benzene rings is 1. The van der Waals surface area contributed by atoms with Crippen molar-refractivity contribution in [2.75, 3.05) is 25.2 Å². The smallest absolute Gasteiger partial charge is 0.240 e. The Bertz CT molecular complexity index is 500. The van der Waals surface area contributed by atoms with Crippen LogP contribution in [0.2, 0.25) is 0 Å². The first-order valence-electron chi connectivity index (χ1n) is 6.75. The fourth-order valence-corrected chi connectivity index (χ4v) is 3.52. The van der Waals surface area contributed by atoms with E-state index in [1.54, 1.807) is 24.3 Å². The topological polar surface area (TPSA) is 58.2 Å². The lowest BCUT2D eigenvalue weighted by molar-refractivity contribution is 0.574. The molecule has 20 heavy (non-hydrogen) atoms. The van der Waals surface area contributed by atoms with Gasteiger partial charge in [0.25, 0.3) is 0 Å². The van der Waals surface area contributed by atoms with Crippen molar-refractivity contribution in [3.63, 3.8) is 0 Å². The van der Waals surface area contributed by atoms with Crippen LogP contribution >= 0.6 is 11.8 Å². The van der Waals surface area contributed by atoms with Crippen LogP contribution in [0.5, 0.6) is 0 Å². The Morgan fingerprint density at radius 3 is 2.10 bits per heavy atom. The minimum absolute atomic E-state index is 0.232. The molecule has 1 rings (SSSR count). The fraction of sp³-hybridized carbons (Fsp3) is 0.571. The van der Waals surface area contributed by atoms with Gasteiger partial charge in [-0.3, -0.25) is 0 Å². The number of rotatable bonds is 8. The number of hydrogen-bond acceptors (Lipinski definition) is 4. The van der Waals surface area contributed by atoms with Crippen molar-refractivity contribution in [2.24, 2.45) is 0 Å². The average molecular weight is 316 g/mol. The molecule has 1 aromatic carbocycles. The molecular formula is C14H24N2O2S2. The maximum Gasteiger partial charge on any atom is 0.240 e. The van der Waals surface area contributed by atoms with Crippen molar-refractivity contribution in [1.29, 1.82) is 0 Å². The van der Waals surface area contributed by atoms with E-state index in [2.05, 4.69) is 30.1 Å². The minimum atomic E-state index is -3.35. The largest absolute Gasteiger partial charge is 0.384 e. The normalized spacial score (nSPS) is 12.4. The molecule has 0 aliphatic heterocycles. The van der Waals surface area contributed by atoms with Gasteiger partial charge in [0.1, 0.15) is 0 Å². The van der Waals surface area contributed by atoms with Crippen molar-refractivity contribution >= 4 is 27.5 Å². The fourth-order valence-electron chi connectivity index (χ4n) is 1.99. The molecule has 0 aromatic heterocycles. The summed E-state index contributed by atoms with van der Waals surface area (Å²) in [5.41, 5.74) is 0.945. The van der Waals surface area contributed by atoms with Crippen molar-refractivity contribution < 1.29 is 8.42 Å². The Morgan fingerprint density at radius 2 is 1.70 bits per heavy atom. The summed E-state index contributed by atoms with van der Waals surface area (Å²) in [6, 6.07) is 6.85. The Labute approximate surface area is 126 Å². The Hall–Kier alpha value is -0.720. The summed E-state index contributed by atoms with van der Waals surface area (Å²) in [5.74, 6) is 0. The molecule has 0 radical (unpaired) electrons. The van der Waals surface area contributed by atoms with Gasteiger partial charge in [0.15, 0.2) is 0 Å². The summed E-state index contributed by atoms with van der Waals surface area (Å²) in [5, 5.41) is 3.40. The maximum atomic E-state index is 11.6. The number of hydrogen-bond donors (Lipinski definition) is 2. The van der Waals surface area contributed by atoms with Gasteiger partial charge in [0.05, 0.1) is 4.90 Å². The molecule has 0 spiro atoms. The van der Waals surface area contributed by atoms with Crippen LogP contribution in [0.4, 0.5) is 5.69 Å². The van der Waals surface area contributed by atoms with Crippen molar-refractivity contribution in [3.8, 4) is 0 Å². The van der Waals surface area contributed by atoms with Crippen LogP contribution in [0, 0.1) is 0 Å². The van der Waals surface area contributed by atoms with Gasteiger partial charge < -0.3 is 5.32 Å². The van der Waals surface area contributed by atoms with Crippen molar-refractivity contribution in [2.45, 2.75) is 36.3 Å². The van der Waals surface area contributed by atoms with Gasteiger partial charge in [0, 0.05) is 17.0 Å². The zero-order valence-corrected chi connectivity index (χ0v) is 14.2. The highest BCUT2D eigenvalue weighted by molar-refractivity contribution is 8.00. The lowest BCUT2D eigenvalue weighted by Crippen LogP contribution is -2.31.